The number of carbonyl (C=O) groups excluding carboxylic acids is 1. The van der Waals surface area contributed by atoms with Crippen molar-refractivity contribution in [2.24, 2.45) is 0 Å². The number of piperidine rings is 1. The highest BCUT2D eigenvalue weighted by Crippen LogP contribution is 2.31. The molecule has 6 nitrogen and oxygen atoms in total. The van der Waals surface area contributed by atoms with Crippen molar-refractivity contribution in [3.05, 3.63) is 59.9 Å². The fourth-order valence-corrected chi connectivity index (χ4v) is 4.10. The number of β-amino-alcohol motifs (C(OH)–C–C–N with tert-alkyl or cyclic N) is 1. The highest BCUT2D eigenvalue weighted by Gasteiger charge is 2.29. The van der Waals surface area contributed by atoms with Crippen molar-refractivity contribution in [2.75, 3.05) is 25.5 Å². The number of ether oxygens (including phenoxy) is 1. The Morgan fingerprint density at radius 2 is 2.03 bits per heavy atom. The average Bonchev–Trinajstić information content (AvgIpc) is 2.75. The molecule has 0 aliphatic carbocycles. The summed E-state index contributed by atoms with van der Waals surface area (Å²) in [6.45, 7) is 5.28. The number of benzene rings is 2. The molecule has 1 heterocycles. The van der Waals surface area contributed by atoms with E-state index in [-0.39, 0.29) is 17.9 Å². The predicted molar refractivity (Wildman–Crippen MR) is 120 cm³/mol. The van der Waals surface area contributed by atoms with Gasteiger partial charge in [-0.15, -0.1) is 0 Å². The average molecular weight is 430 g/mol. The summed E-state index contributed by atoms with van der Waals surface area (Å²) in [5, 5.41) is 16.2. The summed E-state index contributed by atoms with van der Waals surface area (Å²) in [5.41, 5.74) is 1.78. The first-order valence-electron chi connectivity index (χ1n) is 10.7. The first-order valence-corrected chi connectivity index (χ1v) is 10.7. The van der Waals surface area contributed by atoms with Gasteiger partial charge in [0, 0.05) is 24.3 Å². The minimum atomic E-state index is -0.694. The smallest absolute Gasteiger partial charge is 0.319 e. The van der Waals surface area contributed by atoms with E-state index in [4.69, 9.17) is 4.74 Å². The van der Waals surface area contributed by atoms with Gasteiger partial charge >= 0.3 is 6.03 Å². The van der Waals surface area contributed by atoms with Crippen LogP contribution >= 0.6 is 0 Å². The number of hydrogen-bond acceptors (Lipinski definition) is 4. The van der Waals surface area contributed by atoms with Gasteiger partial charge in [0.05, 0.1) is 19.3 Å². The van der Waals surface area contributed by atoms with Gasteiger partial charge < -0.3 is 20.5 Å². The summed E-state index contributed by atoms with van der Waals surface area (Å²) in [5.74, 6) is 0.839. The molecule has 1 saturated heterocycles. The fourth-order valence-electron chi connectivity index (χ4n) is 4.10. The van der Waals surface area contributed by atoms with Crippen molar-refractivity contribution < 1.29 is 19.0 Å². The Hall–Kier alpha value is -2.64. The minimum absolute atomic E-state index is 0.214. The van der Waals surface area contributed by atoms with E-state index in [1.807, 2.05) is 12.1 Å². The van der Waals surface area contributed by atoms with E-state index in [9.17, 15) is 14.3 Å². The Balaban J connectivity index is 1.47. The number of halogens is 1. The topological polar surface area (TPSA) is 73.8 Å². The molecule has 1 aliphatic heterocycles. The van der Waals surface area contributed by atoms with Crippen LogP contribution in [0.3, 0.4) is 0 Å². The number of anilines is 1. The van der Waals surface area contributed by atoms with E-state index >= 15 is 0 Å². The Bertz CT molecular complexity index is 861. The number of urea groups is 1. The molecular weight excluding hydrogens is 397 g/mol. The summed E-state index contributed by atoms with van der Waals surface area (Å²) in [7, 11) is 1.57. The lowest BCUT2D eigenvalue weighted by Gasteiger charge is -2.39. The lowest BCUT2D eigenvalue weighted by Crippen LogP contribution is -2.51. The van der Waals surface area contributed by atoms with Gasteiger partial charge in [0.1, 0.15) is 11.6 Å². The Morgan fingerprint density at radius 1 is 1.29 bits per heavy atom. The Kier molecular flexibility index (Phi) is 7.87. The largest absolute Gasteiger partial charge is 0.497 e. The van der Waals surface area contributed by atoms with Crippen LogP contribution in [-0.2, 0) is 0 Å². The van der Waals surface area contributed by atoms with Crippen molar-refractivity contribution in [1.29, 1.82) is 0 Å². The van der Waals surface area contributed by atoms with Gasteiger partial charge in [-0.25, -0.2) is 9.18 Å². The Labute approximate surface area is 183 Å². The molecule has 4 unspecified atom stereocenters. The zero-order chi connectivity index (χ0) is 22.4. The number of amides is 2. The monoisotopic (exact) mass is 429 g/mol. The molecule has 0 radical (unpaired) electrons. The zero-order valence-corrected chi connectivity index (χ0v) is 18.3. The summed E-state index contributed by atoms with van der Waals surface area (Å²) in [6.07, 6.45) is 1.22. The van der Waals surface area contributed by atoms with Crippen molar-refractivity contribution in [3.63, 3.8) is 0 Å². The van der Waals surface area contributed by atoms with Crippen molar-refractivity contribution in [3.8, 4) is 5.75 Å². The highest BCUT2D eigenvalue weighted by atomic mass is 19.1. The van der Waals surface area contributed by atoms with Crippen LogP contribution in [0.4, 0.5) is 14.9 Å². The molecule has 4 atom stereocenters. The van der Waals surface area contributed by atoms with Crippen LogP contribution < -0.4 is 15.4 Å². The van der Waals surface area contributed by atoms with Crippen LogP contribution in [0.25, 0.3) is 0 Å². The molecule has 31 heavy (non-hydrogen) atoms. The summed E-state index contributed by atoms with van der Waals surface area (Å²) in [6, 6.07) is 13.4. The second-order valence-corrected chi connectivity index (χ2v) is 8.30. The molecule has 0 spiro atoms. The lowest BCUT2D eigenvalue weighted by atomic mass is 9.85. The van der Waals surface area contributed by atoms with E-state index in [0.29, 0.717) is 23.9 Å². The third-order valence-electron chi connectivity index (χ3n) is 6.04. The molecule has 2 aromatic rings. The molecular formula is C24H32FN3O3. The third kappa shape index (κ3) is 6.42. The molecule has 0 saturated carbocycles. The number of carbonyl (C=O) groups is 1. The summed E-state index contributed by atoms with van der Waals surface area (Å²) >= 11 is 0. The Morgan fingerprint density at radius 3 is 2.71 bits per heavy atom. The van der Waals surface area contributed by atoms with Crippen molar-refractivity contribution >= 4 is 11.7 Å². The van der Waals surface area contributed by atoms with Crippen LogP contribution in [0, 0.1) is 5.82 Å². The van der Waals surface area contributed by atoms with Crippen LogP contribution in [0.2, 0.25) is 0 Å². The van der Waals surface area contributed by atoms with Crippen LogP contribution in [0.15, 0.2) is 48.5 Å². The van der Waals surface area contributed by atoms with E-state index in [2.05, 4.69) is 22.5 Å². The first kappa shape index (κ1) is 23.0. The molecule has 3 rings (SSSR count). The van der Waals surface area contributed by atoms with Gasteiger partial charge in [-0.3, -0.25) is 4.90 Å². The summed E-state index contributed by atoms with van der Waals surface area (Å²) < 4.78 is 18.3. The molecule has 3 N–H and O–H groups in total. The minimum Gasteiger partial charge on any atom is -0.497 e. The molecule has 1 fully saturated rings. The second kappa shape index (κ2) is 10.6. The van der Waals surface area contributed by atoms with E-state index in [1.54, 1.807) is 38.3 Å². The maximum atomic E-state index is 13.2. The quantitative estimate of drug-likeness (QED) is 0.623. The van der Waals surface area contributed by atoms with E-state index in [0.717, 1.165) is 24.9 Å². The normalized spacial score (nSPS) is 21.2. The number of nitrogens with zero attached hydrogens (tertiary/aromatic N) is 1. The van der Waals surface area contributed by atoms with Crippen LogP contribution in [-0.4, -0.2) is 54.4 Å². The third-order valence-corrected chi connectivity index (χ3v) is 6.04. The zero-order valence-electron chi connectivity index (χ0n) is 18.3. The van der Waals surface area contributed by atoms with Crippen LogP contribution in [0.1, 0.15) is 38.2 Å². The number of nitrogens with one attached hydrogen (secondary N) is 2. The maximum Gasteiger partial charge on any atom is 0.319 e. The second-order valence-electron chi connectivity index (χ2n) is 8.30. The van der Waals surface area contributed by atoms with Crippen molar-refractivity contribution in [1.82, 2.24) is 10.2 Å². The fraction of sp³-hybridized carbons (Fsp3) is 0.458. The van der Waals surface area contributed by atoms with Crippen molar-refractivity contribution in [2.45, 2.75) is 50.8 Å². The standard InChI is InChI=1S/C24H32FN3O3/c1-16-13-19(18-7-9-20(25)10-8-18)11-12-28(16)15-23(29)17(2)26-24(30)27-21-5-4-6-22(14-21)31-3/h4-10,14,16-17,19,23,29H,11-13,15H2,1-3H3,(H2,26,27,30). The van der Waals surface area contributed by atoms with Gasteiger partial charge in [-0.2, -0.15) is 0 Å². The van der Waals surface area contributed by atoms with Gasteiger partial charge in [0.15, 0.2) is 0 Å². The number of likely N-dealkylation sites (tertiary alicyclic amines) is 1. The molecule has 2 amide bonds. The van der Waals surface area contributed by atoms with Gasteiger partial charge in [-0.05, 0) is 69.0 Å². The van der Waals surface area contributed by atoms with E-state index < -0.39 is 12.1 Å². The highest BCUT2D eigenvalue weighted by molar-refractivity contribution is 5.89. The molecule has 0 aromatic heterocycles. The van der Waals surface area contributed by atoms with Gasteiger partial charge in [-0.1, -0.05) is 18.2 Å². The number of aliphatic hydroxyl groups is 1. The lowest BCUT2D eigenvalue weighted by molar-refractivity contribution is 0.0522. The van der Waals surface area contributed by atoms with E-state index in [1.165, 1.54) is 12.1 Å². The predicted octanol–water partition coefficient (Wildman–Crippen LogP) is 3.97. The first-order chi connectivity index (χ1) is 14.9. The SMILES string of the molecule is COc1cccc(NC(=O)NC(C)C(O)CN2CCC(c3ccc(F)cc3)CC2C)c1. The maximum absolute atomic E-state index is 13.2. The molecule has 2 aromatic carbocycles. The number of methoxy groups -OCH3 is 1. The number of hydrogen-bond donors (Lipinski definition) is 3. The van der Waals surface area contributed by atoms with Crippen LogP contribution in [0.5, 0.6) is 5.75 Å². The molecule has 7 heteroatoms. The molecule has 168 valence electrons. The molecule has 0 bridgehead atoms. The van der Waals surface area contributed by atoms with Gasteiger partial charge in [0.25, 0.3) is 0 Å². The summed E-state index contributed by atoms with van der Waals surface area (Å²) in [4.78, 5) is 14.5. The van der Waals surface area contributed by atoms with Gasteiger partial charge in [0.2, 0.25) is 0 Å². The number of rotatable bonds is 7. The molecule has 1 aliphatic rings. The number of aliphatic hydroxyl groups excluding tert-OH is 1.